The first-order valence-electron chi connectivity index (χ1n) is 6.31. The van der Waals surface area contributed by atoms with E-state index in [1.165, 1.54) is 0 Å². The molecule has 0 fully saturated rings. The van der Waals surface area contributed by atoms with E-state index < -0.39 is 0 Å². The number of carbonyl (C=O) groups excluding carboxylic acids is 1. The van der Waals surface area contributed by atoms with E-state index in [0.29, 0.717) is 13.1 Å². The zero-order valence-corrected chi connectivity index (χ0v) is 12.2. The van der Waals surface area contributed by atoms with E-state index in [0.717, 1.165) is 22.9 Å². The first-order valence-corrected chi connectivity index (χ1v) is 6.31. The van der Waals surface area contributed by atoms with E-state index >= 15 is 0 Å². The lowest BCUT2D eigenvalue weighted by atomic mass is 10.1. The molecule has 2 aliphatic heterocycles. The van der Waals surface area contributed by atoms with Crippen molar-refractivity contribution >= 4 is 29.9 Å². The monoisotopic (exact) mass is 294 g/mol. The normalized spacial score (nSPS) is 20.8. The number of hydrogen-bond donors (Lipinski definition) is 1. The number of amides is 1. The topological polar surface area (TPSA) is 55.9 Å². The van der Waals surface area contributed by atoms with Crippen molar-refractivity contribution in [2.75, 3.05) is 20.2 Å². The number of nitrogens with one attached hydrogen (secondary N) is 1. The molecule has 1 aromatic rings. The van der Waals surface area contributed by atoms with Gasteiger partial charge < -0.3 is 4.74 Å². The van der Waals surface area contributed by atoms with Crippen molar-refractivity contribution < 1.29 is 14.5 Å². The van der Waals surface area contributed by atoms with Gasteiger partial charge in [0, 0.05) is 5.56 Å². The molecular weight excluding hydrogens is 278 g/mol. The fraction of sp³-hybridized carbons (Fsp3) is 0.357. The van der Waals surface area contributed by atoms with Crippen molar-refractivity contribution in [3.63, 3.8) is 0 Å². The van der Waals surface area contributed by atoms with Crippen molar-refractivity contribution in [2.24, 2.45) is 4.99 Å². The predicted molar refractivity (Wildman–Crippen MR) is 78.8 cm³/mol. The largest absolute Gasteiger partial charge is 0.497 e. The van der Waals surface area contributed by atoms with Gasteiger partial charge in [-0.3, -0.25) is 14.7 Å². The summed E-state index contributed by atoms with van der Waals surface area (Å²) in [6.45, 7) is 3.01. The third kappa shape index (κ3) is 2.41. The summed E-state index contributed by atoms with van der Waals surface area (Å²) in [5.74, 6) is 1.76. The average Bonchev–Trinajstić information content (AvgIpc) is 2.74. The molecule has 3 rings (SSSR count). The summed E-state index contributed by atoms with van der Waals surface area (Å²) >= 11 is 0. The van der Waals surface area contributed by atoms with Crippen LogP contribution in [0.2, 0.25) is 0 Å². The van der Waals surface area contributed by atoms with Crippen molar-refractivity contribution in [3.05, 3.63) is 29.8 Å². The highest BCUT2D eigenvalue weighted by Crippen LogP contribution is 2.15. The first kappa shape index (κ1) is 14.5. The van der Waals surface area contributed by atoms with E-state index in [1.807, 2.05) is 31.2 Å². The molecule has 2 aliphatic rings. The van der Waals surface area contributed by atoms with Crippen LogP contribution in [-0.4, -0.2) is 48.6 Å². The number of halogens is 1. The predicted octanol–water partition coefficient (Wildman–Crippen LogP) is -0.370. The minimum absolute atomic E-state index is 0. The van der Waals surface area contributed by atoms with E-state index in [1.54, 1.807) is 12.0 Å². The minimum atomic E-state index is -0.244. The molecule has 0 saturated heterocycles. The maximum atomic E-state index is 12.0. The molecule has 20 heavy (non-hydrogen) atoms. The fourth-order valence-corrected chi connectivity index (χ4v) is 2.40. The van der Waals surface area contributed by atoms with Gasteiger partial charge in [0.15, 0.2) is 12.4 Å². The number of rotatable bonds is 2. The van der Waals surface area contributed by atoms with Crippen LogP contribution in [0.15, 0.2) is 29.3 Å². The molecule has 0 radical (unpaired) electrons. The van der Waals surface area contributed by atoms with E-state index in [2.05, 4.69) is 9.98 Å². The summed E-state index contributed by atoms with van der Waals surface area (Å²) in [5, 5.41) is 0. The van der Waals surface area contributed by atoms with Gasteiger partial charge in [-0.25, -0.2) is 4.99 Å². The lowest BCUT2D eigenvalue weighted by Gasteiger charge is -2.19. The highest BCUT2D eigenvalue weighted by atomic mass is 35.5. The fourth-order valence-electron chi connectivity index (χ4n) is 2.40. The molecule has 6 heteroatoms. The van der Waals surface area contributed by atoms with Gasteiger partial charge in [-0.15, -0.1) is 12.4 Å². The van der Waals surface area contributed by atoms with E-state index in [4.69, 9.17) is 4.74 Å². The highest BCUT2D eigenvalue weighted by molar-refractivity contribution is 6.12. The Bertz CT molecular complexity index is 581. The number of amidine groups is 1. The number of carbonyl (C=O) groups is 1. The Morgan fingerprint density at radius 2 is 2.05 bits per heavy atom. The molecule has 5 nitrogen and oxygen atoms in total. The summed E-state index contributed by atoms with van der Waals surface area (Å²) in [5.41, 5.74) is 2.12. The van der Waals surface area contributed by atoms with Crippen LogP contribution in [0.25, 0.3) is 0 Å². The number of fused-ring (bicyclic) bond motifs is 1. The third-order valence-electron chi connectivity index (χ3n) is 3.49. The Kier molecular flexibility index (Phi) is 4.09. The summed E-state index contributed by atoms with van der Waals surface area (Å²) in [6, 6.07) is 7.58. The second-order valence-corrected chi connectivity index (χ2v) is 4.71. The van der Waals surface area contributed by atoms with Crippen molar-refractivity contribution in [1.29, 1.82) is 0 Å². The Morgan fingerprint density at radius 3 is 2.70 bits per heavy atom. The summed E-state index contributed by atoms with van der Waals surface area (Å²) in [6.07, 6.45) is 0. The van der Waals surface area contributed by atoms with Gasteiger partial charge in [-0.05, 0) is 31.2 Å². The van der Waals surface area contributed by atoms with Crippen molar-refractivity contribution in [2.45, 2.75) is 13.0 Å². The molecule has 1 N–H and O–H groups in total. The molecular formula is C14H17ClN3O2+. The van der Waals surface area contributed by atoms with Gasteiger partial charge in [0.05, 0.1) is 7.11 Å². The zero-order valence-electron chi connectivity index (χ0n) is 11.4. The number of benzene rings is 1. The van der Waals surface area contributed by atoms with E-state index in [-0.39, 0.29) is 24.4 Å². The van der Waals surface area contributed by atoms with Gasteiger partial charge in [-0.1, -0.05) is 0 Å². The maximum Gasteiger partial charge on any atom is 0.253 e. The second-order valence-electron chi connectivity index (χ2n) is 4.71. The second kappa shape index (κ2) is 5.63. The maximum absolute atomic E-state index is 12.0. The number of hydrogen-bond acceptors (Lipinski definition) is 3. The molecule has 2 heterocycles. The highest BCUT2D eigenvalue weighted by Gasteiger charge is 2.37. The summed E-state index contributed by atoms with van der Waals surface area (Å²) in [7, 11) is 1.65. The third-order valence-corrected chi connectivity index (χ3v) is 3.49. The van der Waals surface area contributed by atoms with Crippen LogP contribution in [0.1, 0.15) is 12.5 Å². The van der Waals surface area contributed by atoms with E-state index in [9.17, 15) is 4.79 Å². The van der Waals surface area contributed by atoms with Crippen LogP contribution in [0.3, 0.4) is 0 Å². The lowest BCUT2D eigenvalue weighted by Crippen LogP contribution is -2.81. The first-order chi connectivity index (χ1) is 9.19. The Hall–Kier alpha value is -1.88. The summed E-state index contributed by atoms with van der Waals surface area (Å²) < 4.78 is 5.14. The zero-order chi connectivity index (χ0) is 13.4. The van der Waals surface area contributed by atoms with Gasteiger partial charge in [-0.2, -0.15) is 0 Å². The van der Waals surface area contributed by atoms with Gasteiger partial charge in [0.2, 0.25) is 5.71 Å². The Morgan fingerprint density at radius 1 is 1.35 bits per heavy atom. The molecule has 0 spiro atoms. The minimum Gasteiger partial charge on any atom is -0.497 e. The summed E-state index contributed by atoms with van der Waals surface area (Å²) in [4.78, 5) is 21.4. The van der Waals surface area contributed by atoms with Crippen molar-refractivity contribution in [3.8, 4) is 5.75 Å². The Balaban J connectivity index is 0.00000147. The number of ether oxygens (including phenoxy) is 1. The quantitative estimate of drug-likeness (QED) is 0.809. The number of methoxy groups -OCH3 is 1. The van der Waals surface area contributed by atoms with Gasteiger partial charge >= 0.3 is 0 Å². The molecule has 0 saturated carbocycles. The molecule has 106 valence electrons. The molecule has 1 aromatic carbocycles. The average molecular weight is 295 g/mol. The van der Waals surface area contributed by atoms with Crippen LogP contribution in [0, 0.1) is 0 Å². The van der Waals surface area contributed by atoms with Crippen LogP contribution >= 0.6 is 12.4 Å². The molecule has 0 bridgehead atoms. The van der Waals surface area contributed by atoms with Crippen LogP contribution in [-0.2, 0) is 4.79 Å². The number of aliphatic imine (C=N–C) groups is 1. The van der Waals surface area contributed by atoms with Crippen LogP contribution < -0.4 is 9.73 Å². The van der Waals surface area contributed by atoms with Gasteiger partial charge in [0.1, 0.15) is 18.3 Å². The lowest BCUT2D eigenvalue weighted by molar-refractivity contribution is -0.443. The number of nitrogens with zero attached hydrogens (tertiary/aromatic N) is 2. The molecule has 1 atom stereocenters. The molecule has 0 aromatic heterocycles. The smallest absolute Gasteiger partial charge is 0.253 e. The van der Waals surface area contributed by atoms with Gasteiger partial charge in [0.25, 0.3) is 5.91 Å². The standard InChI is InChI=1S/C14H15N3O2.ClH/c1-9-14(18)17-8-12(15-7-13(17)16-9)10-3-5-11(19-2)6-4-10;/h3-6,9H,7-8H2,1-2H3;1H/p+1. The van der Waals surface area contributed by atoms with Crippen molar-refractivity contribution in [1.82, 2.24) is 4.90 Å². The molecule has 0 aliphatic carbocycles. The van der Waals surface area contributed by atoms with Crippen LogP contribution in [0.4, 0.5) is 0 Å². The SMILES string of the molecule is COc1ccc(C2=[NH+]CC3=NC(C)C(=O)N3C2)cc1.Cl. The van der Waals surface area contributed by atoms with Crippen LogP contribution in [0.5, 0.6) is 5.75 Å². The molecule has 1 amide bonds. The Labute approximate surface area is 123 Å². The molecule has 1 unspecified atom stereocenters.